The topological polar surface area (TPSA) is 78.5 Å². The summed E-state index contributed by atoms with van der Waals surface area (Å²) >= 11 is 0. The van der Waals surface area contributed by atoms with Gasteiger partial charge in [-0.3, -0.25) is 14.5 Å². The summed E-state index contributed by atoms with van der Waals surface area (Å²) in [6.07, 6.45) is 5.47. The van der Waals surface area contributed by atoms with Crippen molar-refractivity contribution < 1.29 is 14.4 Å². The lowest BCUT2D eigenvalue weighted by atomic mass is 9.90. The second-order valence-electron chi connectivity index (χ2n) is 8.54. The molecular weight excluding hydrogens is 366 g/mol. The lowest BCUT2D eigenvalue weighted by Gasteiger charge is -2.23. The monoisotopic (exact) mass is 401 g/mol. The minimum Gasteiger partial charge on any atom is -0.352 e. The number of amides is 4. The maximum Gasteiger partial charge on any atom is 0.325 e. The van der Waals surface area contributed by atoms with Gasteiger partial charge in [0.15, 0.2) is 0 Å². The number of carbonyl (C=O) groups excluding carboxylic acids is 3. The summed E-state index contributed by atoms with van der Waals surface area (Å²) in [6, 6.07) is 7.18. The van der Waals surface area contributed by atoms with Crippen LogP contribution in [0.2, 0.25) is 0 Å². The number of hydrogen-bond acceptors (Lipinski definition) is 3. The molecule has 1 aliphatic rings. The van der Waals surface area contributed by atoms with E-state index in [2.05, 4.69) is 31.4 Å². The minimum absolute atomic E-state index is 0.0232. The first-order chi connectivity index (χ1) is 13.7. The number of rotatable bonds is 10. The van der Waals surface area contributed by atoms with E-state index in [4.69, 9.17) is 0 Å². The average molecular weight is 402 g/mol. The van der Waals surface area contributed by atoms with E-state index < -0.39 is 17.5 Å². The predicted octanol–water partition coefficient (Wildman–Crippen LogP) is 4.05. The van der Waals surface area contributed by atoms with Crippen molar-refractivity contribution in [3.63, 3.8) is 0 Å². The molecule has 1 saturated heterocycles. The second kappa shape index (κ2) is 9.90. The number of nitrogens with zero attached hydrogens (tertiary/aromatic N) is 1. The van der Waals surface area contributed by atoms with Gasteiger partial charge in [0.05, 0.1) is 0 Å². The highest BCUT2D eigenvalue weighted by molar-refractivity contribution is 6.09. The molecule has 0 spiro atoms. The van der Waals surface area contributed by atoms with Crippen molar-refractivity contribution in [2.75, 3.05) is 6.54 Å². The van der Waals surface area contributed by atoms with Crippen LogP contribution in [-0.2, 0) is 15.1 Å². The van der Waals surface area contributed by atoms with Crippen LogP contribution < -0.4 is 10.6 Å². The quantitative estimate of drug-likeness (QED) is 0.458. The molecule has 0 saturated carbocycles. The van der Waals surface area contributed by atoms with E-state index in [1.165, 1.54) is 18.4 Å². The molecule has 0 radical (unpaired) electrons. The van der Waals surface area contributed by atoms with Crippen LogP contribution in [0.5, 0.6) is 0 Å². The molecule has 0 unspecified atom stereocenters. The standard InChI is InChI=1S/C23H35N3O3/c1-6-7-8-9-10-17(4)24-20(27)15-26-21(28)23(5,25-22(26)29)19-13-11-18(12-14-19)16(2)3/h11-14,16-17H,6-10,15H2,1-5H3,(H,24,27)(H,25,29)/t17-,23+/m0/s1. The lowest BCUT2D eigenvalue weighted by Crippen LogP contribution is -2.45. The Balaban J connectivity index is 1.98. The first-order valence-corrected chi connectivity index (χ1v) is 10.7. The van der Waals surface area contributed by atoms with E-state index >= 15 is 0 Å². The van der Waals surface area contributed by atoms with Crippen molar-refractivity contribution in [2.24, 2.45) is 0 Å². The third-order valence-electron chi connectivity index (χ3n) is 5.63. The summed E-state index contributed by atoms with van der Waals surface area (Å²) in [5, 5.41) is 5.66. The highest BCUT2D eigenvalue weighted by atomic mass is 16.2. The SMILES string of the molecule is CCCCCC[C@H](C)NC(=O)CN1C(=O)N[C@](C)(c2ccc(C(C)C)cc2)C1=O. The number of benzene rings is 1. The first-order valence-electron chi connectivity index (χ1n) is 10.7. The Bertz CT molecular complexity index is 729. The molecule has 1 heterocycles. The molecule has 1 aromatic carbocycles. The van der Waals surface area contributed by atoms with E-state index in [9.17, 15) is 14.4 Å². The van der Waals surface area contributed by atoms with Gasteiger partial charge in [-0.15, -0.1) is 0 Å². The van der Waals surface area contributed by atoms with Crippen molar-refractivity contribution in [3.8, 4) is 0 Å². The van der Waals surface area contributed by atoms with Crippen molar-refractivity contribution in [1.82, 2.24) is 15.5 Å². The van der Waals surface area contributed by atoms with Crippen LogP contribution in [0.4, 0.5) is 4.79 Å². The molecule has 2 N–H and O–H groups in total. The Morgan fingerprint density at radius 1 is 1.10 bits per heavy atom. The molecule has 0 aliphatic carbocycles. The molecule has 160 valence electrons. The zero-order valence-electron chi connectivity index (χ0n) is 18.4. The highest BCUT2D eigenvalue weighted by Gasteiger charge is 2.49. The molecule has 2 rings (SSSR count). The lowest BCUT2D eigenvalue weighted by molar-refractivity contribution is -0.135. The maximum absolute atomic E-state index is 13.0. The molecule has 0 bridgehead atoms. The smallest absolute Gasteiger partial charge is 0.325 e. The summed E-state index contributed by atoms with van der Waals surface area (Å²) in [7, 11) is 0. The van der Waals surface area contributed by atoms with Gasteiger partial charge in [0.1, 0.15) is 12.1 Å². The van der Waals surface area contributed by atoms with Gasteiger partial charge in [0.25, 0.3) is 5.91 Å². The molecule has 6 heteroatoms. The molecule has 1 aromatic rings. The van der Waals surface area contributed by atoms with E-state index in [1.807, 2.05) is 31.2 Å². The Kier molecular flexibility index (Phi) is 7.82. The largest absolute Gasteiger partial charge is 0.352 e. The van der Waals surface area contributed by atoms with Gasteiger partial charge in [0, 0.05) is 6.04 Å². The van der Waals surface area contributed by atoms with Crippen molar-refractivity contribution in [2.45, 2.75) is 84.2 Å². The zero-order chi connectivity index (χ0) is 21.6. The fourth-order valence-corrected chi connectivity index (χ4v) is 3.65. The van der Waals surface area contributed by atoms with E-state index in [-0.39, 0.29) is 18.5 Å². The van der Waals surface area contributed by atoms with Crippen LogP contribution in [-0.4, -0.2) is 35.3 Å². The third kappa shape index (κ3) is 5.58. The molecule has 0 aromatic heterocycles. The van der Waals surface area contributed by atoms with Gasteiger partial charge in [-0.1, -0.05) is 70.7 Å². The van der Waals surface area contributed by atoms with Gasteiger partial charge >= 0.3 is 6.03 Å². The Morgan fingerprint density at radius 3 is 2.34 bits per heavy atom. The van der Waals surface area contributed by atoms with Crippen LogP contribution >= 0.6 is 0 Å². The number of nitrogens with one attached hydrogen (secondary N) is 2. The van der Waals surface area contributed by atoms with Crippen molar-refractivity contribution in [3.05, 3.63) is 35.4 Å². The average Bonchev–Trinajstić information content (AvgIpc) is 2.89. The van der Waals surface area contributed by atoms with Crippen LogP contribution in [0.1, 0.15) is 83.8 Å². The normalized spacial score (nSPS) is 20.1. The number of imide groups is 1. The van der Waals surface area contributed by atoms with E-state index in [1.54, 1.807) is 6.92 Å². The van der Waals surface area contributed by atoms with Crippen molar-refractivity contribution >= 4 is 17.8 Å². The van der Waals surface area contributed by atoms with Gasteiger partial charge in [0.2, 0.25) is 5.91 Å². The van der Waals surface area contributed by atoms with Crippen LogP contribution in [0.3, 0.4) is 0 Å². The number of urea groups is 1. The third-order valence-corrected chi connectivity index (χ3v) is 5.63. The Hall–Kier alpha value is -2.37. The van der Waals surface area contributed by atoms with Crippen LogP contribution in [0, 0.1) is 0 Å². The van der Waals surface area contributed by atoms with Crippen molar-refractivity contribution in [1.29, 1.82) is 0 Å². The molecule has 2 atom stereocenters. The number of carbonyl (C=O) groups is 3. The number of unbranched alkanes of at least 4 members (excludes halogenated alkanes) is 3. The summed E-state index contributed by atoms with van der Waals surface area (Å²) in [5.41, 5.74) is 0.726. The maximum atomic E-state index is 13.0. The Morgan fingerprint density at radius 2 is 1.76 bits per heavy atom. The summed E-state index contributed by atoms with van der Waals surface area (Å²) in [4.78, 5) is 38.8. The highest BCUT2D eigenvalue weighted by Crippen LogP contribution is 2.29. The first kappa shape index (κ1) is 22.9. The van der Waals surface area contributed by atoms with E-state index in [0.29, 0.717) is 11.5 Å². The Labute approximate surface area is 174 Å². The van der Waals surface area contributed by atoms with Gasteiger partial charge in [-0.05, 0) is 37.3 Å². The predicted molar refractivity (Wildman–Crippen MR) is 114 cm³/mol. The van der Waals surface area contributed by atoms with Gasteiger partial charge < -0.3 is 10.6 Å². The molecule has 29 heavy (non-hydrogen) atoms. The fourth-order valence-electron chi connectivity index (χ4n) is 3.65. The van der Waals surface area contributed by atoms with Crippen LogP contribution in [0.15, 0.2) is 24.3 Å². The second-order valence-corrected chi connectivity index (χ2v) is 8.54. The molecule has 1 fully saturated rings. The fraction of sp³-hybridized carbons (Fsp3) is 0.609. The summed E-state index contributed by atoms with van der Waals surface area (Å²) in [5.74, 6) is -0.323. The molecule has 6 nitrogen and oxygen atoms in total. The molecule has 4 amide bonds. The van der Waals surface area contributed by atoms with Gasteiger partial charge in [-0.25, -0.2) is 4.79 Å². The van der Waals surface area contributed by atoms with Crippen LogP contribution in [0.25, 0.3) is 0 Å². The summed E-state index contributed by atoms with van der Waals surface area (Å²) < 4.78 is 0. The van der Waals surface area contributed by atoms with E-state index in [0.717, 1.165) is 24.2 Å². The molecular formula is C23H35N3O3. The summed E-state index contributed by atoms with van der Waals surface area (Å²) in [6.45, 7) is 9.75. The minimum atomic E-state index is -1.15. The number of hydrogen-bond donors (Lipinski definition) is 2. The zero-order valence-corrected chi connectivity index (χ0v) is 18.4. The molecule has 1 aliphatic heterocycles. The van der Waals surface area contributed by atoms with Gasteiger partial charge in [-0.2, -0.15) is 0 Å².